The predicted molar refractivity (Wildman–Crippen MR) is 57.3 cm³/mol. The Hall–Kier alpha value is 0.410. The van der Waals surface area contributed by atoms with Crippen molar-refractivity contribution in [2.45, 2.75) is 18.6 Å². The van der Waals surface area contributed by atoms with E-state index in [0.29, 0.717) is 0 Å². The molecule has 4 heteroatoms. The van der Waals surface area contributed by atoms with E-state index in [1.807, 2.05) is 13.8 Å². The second-order valence-corrected chi connectivity index (χ2v) is 6.85. The smallest absolute Gasteiger partial charge is 0.135 e. The number of aldehydes is 1. The van der Waals surface area contributed by atoms with E-state index in [1.54, 1.807) is 11.8 Å². The molecule has 0 aromatic rings. The van der Waals surface area contributed by atoms with E-state index < -0.39 is 0 Å². The highest BCUT2D eigenvalue weighted by molar-refractivity contribution is 8.01. The third kappa shape index (κ3) is 7.08. The quantitative estimate of drug-likeness (QED) is 0.381. The molecule has 72 valence electrons. The number of thioether (sulfide) groups is 1. The highest BCUT2D eigenvalue weighted by Gasteiger charge is 2.15. The van der Waals surface area contributed by atoms with Crippen LogP contribution in [0.2, 0.25) is 0 Å². The molecule has 12 heavy (non-hydrogen) atoms. The number of rotatable bonds is 6. The van der Waals surface area contributed by atoms with Crippen LogP contribution in [0.15, 0.2) is 0 Å². The van der Waals surface area contributed by atoms with Crippen molar-refractivity contribution in [1.82, 2.24) is 0 Å². The van der Waals surface area contributed by atoms with E-state index in [2.05, 4.69) is 13.3 Å². The molecule has 0 aliphatic heterocycles. The minimum Gasteiger partial charge on any atom is -0.359 e. The van der Waals surface area contributed by atoms with E-state index in [4.69, 9.17) is 4.52 Å². The van der Waals surface area contributed by atoms with Crippen LogP contribution < -0.4 is 0 Å². The van der Waals surface area contributed by atoms with Gasteiger partial charge in [-0.2, -0.15) is 0 Å². The summed E-state index contributed by atoms with van der Waals surface area (Å²) >= 11 is 1.64. The van der Waals surface area contributed by atoms with Gasteiger partial charge in [0.05, 0.1) is 11.4 Å². The summed E-state index contributed by atoms with van der Waals surface area (Å²) in [7, 11) is -0.254. The average Bonchev–Trinajstić information content (AvgIpc) is 1.98. The molecule has 0 aliphatic rings. The Labute approximate surface area is 80.3 Å². The molecule has 0 radical (unpaired) electrons. The first-order valence-electron chi connectivity index (χ1n) is 3.88. The predicted octanol–water partition coefficient (Wildman–Crippen LogP) is 2.37. The maximum atomic E-state index is 10.5. The van der Waals surface area contributed by atoms with Crippen molar-refractivity contribution in [1.29, 1.82) is 0 Å². The normalized spacial score (nSPS) is 12.1. The van der Waals surface area contributed by atoms with Gasteiger partial charge < -0.3 is 9.32 Å². The number of hydrogen-bond donors (Lipinski definition) is 0. The van der Waals surface area contributed by atoms with Gasteiger partial charge >= 0.3 is 0 Å². The Kier molecular flexibility index (Phi) is 6.16. The van der Waals surface area contributed by atoms with Gasteiger partial charge in [-0.15, -0.1) is 11.8 Å². The van der Waals surface area contributed by atoms with Crippen LogP contribution in [0.3, 0.4) is 0 Å². The molecule has 0 saturated carbocycles. The summed E-state index contributed by atoms with van der Waals surface area (Å²) in [5.74, 6) is 0.895. The van der Waals surface area contributed by atoms with Gasteiger partial charge in [-0.1, -0.05) is 0 Å². The SMILES string of the molecule is CP(C)OCCSC(C)(C)C=O. The molecule has 0 aliphatic carbocycles. The van der Waals surface area contributed by atoms with Crippen molar-refractivity contribution in [3.05, 3.63) is 0 Å². The molecule has 0 saturated heterocycles. The molecule has 0 fully saturated rings. The van der Waals surface area contributed by atoms with Gasteiger partial charge in [0.25, 0.3) is 0 Å². The number of carbonyl (C=O) groups excluding carboxylic acids is 1. The van der Waals surface area contributed by atoms with Crippen molar-refractivity contribution in [3.63, 3.8) is 0 Å². The molecule has 0 aromatic heterocycles. The fourth-order valence-corrected chi connectivity index (χ4v) is 1.90. The van der Waals surface area contributed by atoms with Crippen LogP contribution >= 0.6 is 19.9 Å². The zero-order chi connectivity index (χ0) is 9.61. The minimum atomic E-state index is -0.256. The van der Waals surface area contributed by atoms with Crippen molar-refractivity contribution < 1.29 is 9.32 Å². The van der Waals surface area contributed by atoms with Crippen LogP contribution in [-0.4, -0.2) is 36.7 Å². The lowest BCUT2D eigenvalue weighted by atomic mass is 10.2. The average molecular weight is 208 g/mol. The largest absolute Gasteiger partial charge is 0.359 e. The van der Waals surface area contributed by atoms with Crippen LogP contribution in [0, 0.1) is 0 Å². The molecule has 2 nitrogen and oxygen atoms in total. The zero-order valence-corrected chi connectivity index (χ0v) is 9.87. The van der Waals surface area contributed by atoms with Gasteiger partial charge in [0.15, 0.2) is 0 Å². The molecular formula is C8H17O2PS. The maximum Gasteiger partial charge on any atom is 0.135 e. The second-order valence-electron chi connectivity index (χ2n) is 3.22. The first kappa shape index (κ1) is 12.4. The Morgan fingerprint density at radius 2 is 2.08 bits per heavy atom. The fourth-order valence-electron chi connectivity index (χ4n) is 0.559. The molecule has 0 rings (SSSR count). The monoisotopic (exact) mass is 208 g/mol. The summed E-state index contributed by atoms with van der Waals surface area (Å²) in [5.41, 5.74) is 0. The minimum absolute atomic E-state index is 0.254. The number of hydrogen-bond acceptors (Lipinski definition) is 3. The van der Waals surface area contributed by atoms with Crippen molar-refractivity contribution >= 4 is 26.2 Å². The third-order valence-electron chi connectivity index (χ3n) is 1.19. The molecule has 0 atom stereocenters. The maximum absolute atomic E-state index is 10.5. The van der Waals surface area contributed by atoms with E-state index in [-0.39, 0.29) is 12.9 Å². The van der Waals surface area contributed by atoms with Crippen LogP contribution in [0.4, 0.5) is 0 Å². The molecular weight excluding hydrogens is 191 g/mol. The Balaban J connectivity index is 3.37. The molecule has 0 N–H and O–H groups in total. The molecule has 0 heterocycles. The Bertz CT molecular complexity index is 137. The van der Waals surface area contributed by atoms with Gasteiger partial charge in [0, 0.05) is 13.9 Å². The summed E-state index contributed by atoms with van der Waals surface area (Å²) < 4.78 is 5.15. The lowest BCUT2D eigenvalue weighted by Gasteiger charge is -2.16. The zero-order valence-electron chi connectivity index (χ0n) is 8.16. The van der Waals surface area contributed by atoms with Crippen LogP contribution in [0.25, 0.3) is 0 Å². The summed E-state index contributed by atoms with van der Waals surface area (Å²) in [6.07, 6.45) is 0.984. The Morgan fingerprint density at radius 1 is 1.50 bits per heavy atom. The van der Waals surface area contributed by atoms with Crippen molar-refractivity contribution in [2.24, 2.45) is 0 Å². The summed E-state index contributed by atoms with van der Waals surface area (Å²) in [6, 6.07) is 0. The van der Waals surface area contributed by atoms with E-state index >= 15 is 0 Å². The topological polar surface area (TPSA) is 26.3 Å². The molecule has 0 amide bonds. The molecule has 0 bridgehead atoms. The van der Waals surface area contributed by atoms with Gasteiger partial charge in [-0.3, -0.25) is 0 Å². The third-order valence-corrected chi connectivity index (χ3v) is 3.10. The number of carbonyl (C=O) groups is 1. The standard InChI is InChI=1S/C8H17O2PS/c1-8(2,7-9)12-6-5-10-11(3)4/h7H,5-6H2,1-4H3. The van der Waals surface area contributed by atoms with E-state index in [1.165, 1.54) is 0 Å². The van der Waals surface area contributed by atoms with Crippen LogP contribution in [0.1, 0.15) is 13.8 Å². The lowest BCUT2D eigenvalue weighted by Crippen LogP contribution is -2.17. The van der Waals surface area contributed by atoms with E-state index in [9.17, 15) is 4.79 Å². The summed E-state index contributed by atoms with van der Waals surface area (Å²) in [5, 5.41) is 0. The highest BCUT2D eigenvalue weighted by atomic mass is 32.2. The summed E-state index contributed by atoms with van der Waals surface area (Å²) in [6.45, 7) is 8.74. The highest BCUT2D eigenvalue weighted by Crippen LogP contribution is 2.27. The second kappa shape index (κ2) is 5.95. The Morgan fingerprint density at radius 3 is 2.50 bits per heavy atom. The van der Waals surface area contributed by atoms with E-state index in [0.717, 1.165) is 18.6 Å². The van der Waals surface area contributed by atoms with Gasteiger partial charge in [0.2, 0.25) is 0 Å². The summed E-state index contributed by atoms with van der Waals surface area (Å²) in [4.78, 5) is 10.5. The fraction of sp³-hybridized carbons (Fsp3) is 0.875. The van der Waals surface area contributed by atoms with Crippen LogP contribution in [-0.2, 0) is 9.32 Å². The van der Waals surface area contributed by atoms with Crippen LogP contribution in [0.5, 0.6) is 0 Å². The van der Waals surface area contributed by atoms with Gasteiger partial charge in [-0.25, -0.2) is 0 Å². The van der Waals surface area contributed by atoms with Crippen molar-refractivity contribution in [3.8, 4) is 0 Å². The first-order valence-corrected chi connectivity index (χ1v) is 7.02. The van der Waals surface area contributed by atoms with Gasteiger partial charge in [-0.05, 0) is 27.2 Å². The molecule has 0 aromatic carbocycles. The molecule has 0 unspecified atom stereocenters. The lowest BCUT2D eigenvalue weighted by molar-refractivity contribution is -0.109. The van der Waals surface area contributed by atoms with Gasteiger partial charge in [0.1, 0.15) is 6.29 Å². The molecule has 0 spiro atoms. The van der Waals surface area contributed by atoms with Crippen molar-refractivity contribution in [2.75, 3.05) is 25.7 Å². The first-order chi connectivity index (χ1) is 5.48.